The number of carbonyl (C=O) groups is 1. The van der Waals surface area contributed by atoms with E-state index in [2.05, 4.69) is 10.1 Å². The van der Waals surface area contributed by atoms with Crippen molar-refractivity contribution < 1.29 is 40.8 Å². The number of hydrogen-bond acceptors (Lipinski definition) is 5. The summed E-state index contributed by atoms with van der Waals surface area (Å²) in [5.74, 6) is -10.3. The van der Waals surface area contributed by atoms with Gasteiger partial charge < -0.3 is 9.63 Å². The molecule has 0 aliphatic carbocycles. The summed E-state index contributed by atoms with van der Waals surface area (Å²) in [4.78, 5) is 16.0. The molecule has 0 bridgehead atoms. The molecule has 1 saturated heterocycles. The lowest BCUT2D eigenvalue weighted by atomic mass is 9.96. The number of likely N-dealkylation sites (tertiary alicyclic amines) is 1. The highest BCUT2D eigenvalue weighted by molar-refractivity contribution is 5.71. The van der Waals surface area contributed by atoms with E-state index in [9.17, 15) is 31.1 Å². The standard InChI is InChI=1S/C15H11F6N3O3/c16-9-1-6(2-10(17)12(9)18)13-22-11(27-23-13)5-24-3-7(14(25)26)8(4-24)15(19,20)21/h1-2,7-8H,3-5H2,(H,25,26)/t7-,8-/m1/s1. The maximum atomic E-state index is 13.3. The second-order valence-electron chi connectivity index (χ2n) is 6.05. The quantitative estimate of drug-likeness (QED) is 0.634. The number of nitrogens with zero attached hydrogens (tertiary/aromatic N) is 3. The number of hydrogen-bond donors (Lipinski definition) is 1. The van der Waals surface area contributed by atoms with Gasteiger partial charge in [0, 0.05) is 18.7 Å². The third kappa shape index (κ3) is 3.89. The Morgan fingerprint density at radius 3 is 2.37 bits per heavy atom. The number of rotatable bonds is 4. The predicted octanol–water partition coefficient (Wildman–Crippen LogP) is 2.85. The smallest absolute Gasteiger partial charge is 0.393 e. The van der Waals surface area contributed by atoms with E-state index < -0.39 is 48.0 Å². The molecule has 1 aliphatic heterocycles. The van der Waals surface area contributed by atoms with E-state index in [-0.39, 0.29) is 30.4 Å². The molecule has 0 unspecified atom stereocenters. The van der Waals surface area contributed by atoms with E-state index in [4.69, 9.17) is 9.63 Å². The first kappa shape index (κ1) is 19.1. The van der Waals surface area contributed by atoms with Crippen LogP contribution in [-0.4, -0.2) is 45.4 Å². The molecular weight excluding hydrogens is 384 g/mol. The van der Waals surface area contributed by atoms with Crippen LogP contribution in [0.3, 0.4) is 0 Å². The summed E-state index contributed by atoms with van der Waals surface area (Å²) in [7, 11) is 0. The Labute approximate surface area is 147 Å². The third-order valence-corrected chi connectivity index (χ3v) is 4.20. The minimum atomic E-state index is -4.68. The summed E-state index contributed by atoms with van der Waals surface area (Å²) in [5.41, 5.74) is -0.223. The van der Waals surface area contributed by atoms with E-state index in [1.807, 2.05) is 0 Å². The molecule has 1 aliphatic rings. The summed E-state index contributed by atoms with van der Waals surface area (Å²) in [6, 6.07) is 1.28. The highest BCUT2D eigenvalue weighted by Gasteiger charge is 2.52. The molecule has 6 nitrogen and oxygen atoms in total. The number of aromatic nitrogens is 2. The van der Waals surface area contributed by atoms with Crippen molar-refractivity contribution in [1.29, 1.82) is 0 Å². The van der Waals surface area contributed by atoms with Gasteiger partial charge in [-0.25, -0.2) is 13.2 Å². The van der Waals surface area contributed by atoms with Gasteiger partial charge in [-0.1, -0.05) is 5.16 Å². The number of benzene rings is 1. The highest BCUT2D eigenvalue weighted by atomic mass is 19.4. The van der Waals surface area contributed by atoms with Crippen LogP contribution in [0.5, 0.6) is 0 Å². The van der Waals surface area contributed by atoms with Gasteiger partial charge >= 0.3 is 12.1 Å². The lowest BCUT2D eigenvalue weighted by Gasteiger charge is -2.17. The van der Waals surface area contributed by atoms with Gasteiger partial charge in [0.05, 0.1) is 18.4 Å². The Morgan fingerprint density at radius 2 is 1.85 bits per heavy atom. The fourth-order valence-electron chi connectivity index (χ4n) is 2.91. The van der Waals surface area contributed by atoms with Crippen molar-refractivity contribution in [3.63, 3.8) is 0 Å². The van der Waals surface area contributed by atoms with Gasteiger partial charge in [-0.05, 0) is 12.1 Å². The van der Waals surface area contributed by atoms with Crippen LogP contribution in [0.25, 0.3) is 11.4 Å². The van der Waals surface area contributed by atoms with E-state index in [0.29, 0.717) is 12.1 Å². The molecule has 3 rings (SSSR count). The zero-order chi connectivity index (χ0) is 19.9. The van der Waals surface area contributed by atoms with Crippen LogP contribution in [0.2, 0.25) is 0 Å². The average molecular weight is 395 g/mol. The number of aliphatic carboxylic acids is 1. The van der Waals surface area contributed by atoms with Gasteiger partial charge in [0.25, 0.3) is 0 Å². The SMILES string of the molecule is O=C(O)[C@@H]1CN(Cc2nc(-c3cc(F)c(F)c(F)c3)no2)C[C@H]1C(F)(F)F. The van der Waals surface area contributed by atoms with Gasteiger partial charge in [-0.3, -0.25) is 9.69 Å². The predicted molar refractivity (Wildman–Crippen MR) is 75.6 cm³/mol. The second kappa shape index (κ2) is 6.83. The molecule has 1 aromatic carbocycles. The average Bonchev–Trinajstić information content (AvgIpc) is 3.19. The Bertz CT molecular complexity index is 846. The number of alkyl halides is 3. The maximum Gasteiger partial charge on any atom is 0.393 e. The second-order valence-corrected chi connectivity index (χ2v) is 6.05. The lowest BCUT2D eigenvalue weighted by molar-refractivity contribution is -0.188. The first-order valence-corrected chi connectivity index (χ1v) is 7.55. The molecule has 2 aromatic rings. The van der Waals surface area contributed by atoms with Crippen LogP contribution >= 0.6 is 0 Å². The molecule has 0 amide bonds. The molecular formula is C15H11F6N3O3. The van der Waals surface area contributed by atoms with Crippen LogP contribution in [0.1, 0.15) is 5.89 Å². The van der Waals surface area contributed by atoms with Crippen LogP contribution in [0.4, 0.5) is 26.3 Å². The molecule has 1 N–H and O–H groups in total. The van der Waals surface area contributed by atoms with E-state index in [1.165, 1.54) is 4.90 Å². The van der Waals surface area contributed by atoms with Crippen molar-refractivity contribution >= 4 is 5.97 Å². The molecule has 27 heavy (non-hydrogen) atoms. The zero-order valence-electron chi connectivity index (χ0n) is 13.3. The maximum absolute atomic E-state index is 13.3. The number of halogens is 6. The fraction of sp³-hybridized carbons (Fsp3) is 0.400. The summed E-state index contributed by atoms with van der Waals surface area (Å²) in [6.45, 7) is -1.23. The lowest BCUT2D eigenvalue weighted by Crippen LogP contribution is -2.33. The topological polar surface area (TPSA) is 79.5 Å². The normalized spacial score (nSPS) is 21.0. The van der Waals surface area contributed by atoms with Gasteiger partial charge in [-0.15, -0.1) is 0 Å². The monoisotopic (exact) mass is 395 g/mol. The largest absolute Gasteiger partial charge is 0.481 e. The van der Waals surface area contributed by atoms with Crippen molar-refractivity contribution in [2.45, 2.75) is 12.7 Å². The number of carboxylic acid groups (broad SMARTS) is 1. The first-order valence-electron chi connectivity index (χ1n) is 7.55. The van der Waals surface area contributed by atoms with Crippen molar-refractivity contribution in [2.24, 2.45) is 11.8 Å². The molecule has 0 saturated carbocycles. The zero-order valence-corrected chi connectivity index (χ0v) is 13.3. The van der Waals surface area contributed by atoms with Crippen LogP contribution in [-0.2, 0) is 11.3 Å². The third-order valence-electron chi connectivity index (χ3n) is 4.20. The van der Waals surface area contributed by atoms with Crippen molar-refractivity contribution in [1.82, 2.24) is 15.0 Å². The molecule has 0 radical (unpaired) electrons. The molecule has 12 heteroatoms. The van der Waals surface area contributed by atoms with Gasteiger partial charge in [0.1, 0.15) is 0 Å². The van der Waals surface area contributed by atoms with Crippen LogP contribution < -0.4 is 0 Å². The molecule has 0 spiro atoms. The summed E-state index contributed by atoms with van der Waals surface area (Å²) >= 11 is 0. The first-order chi connectivity index (χ1) is 12.6. The molecule has 2 heterocycles. The Balaban J connectivity index is 1.76. The van der Waals surface area contributed by atoms with E-state index >= 15 is 0 Å². The van der Waals surface area contributed by atoms with Gasteiger partial charge in [-0.2, -0.15) is 18.2 Å². The van der Waals surface area contributed by atoms with Gasteiger partial charge in [0.2, 0.25) is 11.7 Å². The minimum Gasteiger partial charge on any atom is -0.481 e. The van der Waals surface area contributed by atoms with E-state index in [1.54, 1.807) is 0 Å². The Hall–Kier alpha value is -2.63. The summed E-state index contributed by atoms with van der Waals surface area (Å²) < 4.78 is 83.3. The summed E-state index contributed by atoms with van der Waals surface area (Å²) in [6.07, 6.45) is -4.68. The Morgan fingerprint density at radius 1 is 1.22 bits per heavy atom. The molecule has 1 fully saturated rings. The number of carboxylic acids is 1. The van der Waals surface area contributed by atoms with Crippen molar-refractivity contribution in [3.05, 3.63) is 35.5 Å². The van der Waals surface area contributed by atoms with Crippen molar-refractivity contribution in [3.8, 4) is 11.4 Å². The van der Waals surface area contributed by atoms with Gasteiger partial charge in [0.15, 0.2) is 17.5 Å². The summed E-state index contributed by atoms with van der Waals surface area (Å²) in [5, 5.41) is 12.4. The molecule has 1 aromatic heterocycles. The minimum absolute atomic E-state index is 0.179. The molecule has 2 atom stereocenters. The highest BCUT2D eigenvalue weighted by Crippen LogP contribution is 2.38. The van der Waals surface area contributed by atoms with E-state index in [0.717, 1.165) is 0 Å². The fourth-order valence-corrected chi connectivity index (χ4v) is 2.91. The van der Waals surface area contributed by atoms with Crippen LogP contribution in [0, 0.1) is 29.3 Å². The Kier molecular flexibility index (Phi) is 4.84. The molecule has 146 valence electrons. The van der Waals surface area contributed by atoms with Crippen LogP contribution in [0.15, 0.2) is 16.7 Å². The van der Waals surface area contributed by atoms with Crippen molar-refractivity contribution in [2.75, 3.05) is 13.1 Å².